The maximum atomic E-state index is 7.62. The maximum absolute atomic E-state index is 7.62. The monoisotopic (exact) mass is 416 g/mol. The van der Waals surface area contributed by atoms with Gasteiger partial charge in [0.15, 0.2) is 10.6 Å². The van der Waals surface area contributed by atoms with Crippen molar-refractivity contribution < 1.29 is 4.74 Å². The number of rotatable bonds is 8. The Labute approximate surface area is 179 Å². The molecule has 0 aliphatic carbocycles. The Morgan fingerprint density at radius 3 is 2.43 bits per heavy atom. The second kappa shape index (κ2) is 9.50. The van der Waals surface area contributed by atoms with Gasteiger partial charge in [0.1, 0.15) is 11.4 Å². The van der Waals surface area contributed by atoms with Gasteiger partial charge in [-0.2, -0.15) is 5.11 Å². The van der Waals surface area contributed by atoms with Crippen LogP contribution in [0, 0.1) is 5.53 Å². The van der Waals surface area contributed by atoms with Crippen LogP contribution in [0.25, 0.3) is 10.2 Å². The molecule has 0 aliphatic heterocycles. The zero-order valence-electron chi connectivity index (χ0n) is 16.9. The summed E-state index contributed by atoms with van der Waals surface area (Å²) in [4.78, 5) is 5.84. The summed E-state index contributed by atoms with van der Waals surface area (Å²) in [5, 5.41) is 3.71. The Kier molecular flexibility index (Phi) is 6.35. The van der Waals surface area contributed by atoms with Gasteiger partial charge in [0.2, 0.25) is 0 Å². The third-order valence-electron chi connectivity index (χ3n) is 4.80. The average molecular weight is 417 g/mol. The van der Waals surface area contributed by atoms with Gasteiger partial charge in [0.25, 0.3) is 0 Å². The largest absolute Gasteiger partial charge is 0.455 e. The van der Waals surface area contributed by atoms with E-state index in [1.54, 1.807) is 11.3 Å². The lowest BCUT2D eigenvalue weighted by atomic mass is 10.2. The van der Waals surface area contributed by atoms with Gasteiger partial charge >= 0.3 is 0 Å². The SMILES string of the molecule is CCCCN=c1sc2cc(N=N)c(Oc3ccccc3)cc2n1Cc1ccccc1. The maximum Gasteiger partial charge on any atom is 0.186 e. The molecule has 4 rings (SSSR count). The molecule has 152 valence electrons. The molecule has 0 saturated carbocycles. The van der Waals surface area contributed by atoms with Crippen LogP contribution >= 0.6 is 11.3 Å². The van der Waals surface area contributed by atoms with Gasteiger partial charge in [-0.15, -0.1) is 0 Å². The Hall–Kier alpha value is -3.25. The number of para-hydroxylation sites is 1. The first-order chi connectivity index (χ1) is 14.8. The number of hydrogen-bond acceptors (Lipinski definition) is 5. The molecule has 1 aromatic heterocycles. The van der Waals surface area contributed by atoms with Gasteiger partial charge in [-0.05, 0) is 30.2 Å². The number of hydrogen-bond donors (Lipinski definition) is 1. The minimum absolute atomic E-state index is 0.513. The van der Waals surface area contributed by atoms with Crippen molar-refractivity contribution in [2.45, 2.75) is 26.3 Å². The van der Waals surface area contributed by atoms with Crippen LogP contribution in [0.2, 0.25) is 0 Å². The average Bonchev–Trinajstić information content (AvgIpc) is 3.11. The van der Waals surface area contributed by atoms with E-state index in [4.69, 9.17) is 15.3 Å². The lowest BCUT2D eigenvalue weighted by Gasteiger charge is -2.10. The van der Waals surface area contributed by atoms with Gasteiger partial charge in [0, 0.05) is 12.6 Å². The lowest BCUT2D eigenvalue weighted by molar-refractivity contribution is 0.484. The van der Waals surface area contributed by atoms with E-state index in [0.717, 1.165) is 46.7 Å². The smallest absolute Gasteiger partial charge is 0.186 e. The molecule has 0 unspecified atom stereocenters. The van der Waals surface area contributed by atoms with Crippen molar-refractivity contribution in [2.75, 3.05) is 6.54 Å². The first-order valence-corrected chi connectivity index (χ1v) is 10.9. The van der Waals surface area contributed by atoms with Crippen LogP contribution in [-0.2, 0) is 6.54 Å². The van der Waals surface area contributed by atoms with E-state index in [9.17, 15) is 0 Å². The summed E-state index contributed by atoms with van der Waals surface area (Å²) in [6.07, 6.45) is 2.18. The molecule has 4 aromatic rings. The standard InChI is InChI=1S/C24H24N4OS/c1-2-3-14-26-24-28(17-18-10-6-4-7-11-18)21-16-22(20(27-25)15-23(21)30-24)29-19-12-8-5-9-13-19/h4-13,15-16,25H,2-3,14,17H2,1H3. The molecule has 0 fully saturated rings. The fourth-order valence-electron chi connectivity index (χ4n) is 3.24. The molecule has 1 heterocycles. The van der Waals surface area contributed by atoms with Crippen molar-refractivity contribution >= 4 is 27.2 Å². The van der Waals surface area contributed by atoms with E-state index in [0.29, 0.717) is 11.4 Å². The van der Waals surface area contributed by atoms with Crippen LogP contribution in [0.15, 0.2) is 82.9 Å². The fraction of sp³-hybridized carbons (Fsp3) is 0.208. The van der Waals surface area contributed by atoms with Crippen LogP contribution in [0.1, 0.15) is 25.3 Å². The predicted octanol–water partition coefficient (Wildman–Crippen LogP) is 6.91. The molecule has 5 nitrogen and oxygen atoms in total. The Morgan fingerprint density at radius 1 is 1.00 bits per heavy atom. The van der Waals surface area contributed by atoms with Crippen molar-refractivity contribution in [3.8, 4) is 11.5 Å². The molecule has 0 amide bonds. The van der Waals surface area contributed by atoms with Gasteiger partial charge in [-0.25, -0.2) is 5.53 Å². The highest BCUT2D eigenvalue weighted by Gasteiger charge is 2.13. The van der Waals surface area contributed by atoms with Crippen molar-refractivity contribution in [1.82, 2.24) is 4.57 Å². The highest BCUT2D eigenvalue weighted by molar-refractivity contribution is 7.16. The van der Waals surface area contributed by atoms with Crippen molar-refractivity contribution in [1.29, 1.82) is 5.53 Å². The Morgan fingerprint density at radius 2 is 1.73 bits per heavy atom. The van der Waals surface area contributed by atoms with Gasteiger partial charge in [-0.1, -0.05) is 73.2 Å². The number of aromatic nitrogens is 1. The van der Waals surface area contributed by atoms with Gasteiger partial charge < -0.3 is 9.30 Å². The number of nitrogens with one attached hydrogen (secondary N) is 1. The highest BCUT2D eigenvalue weighted by atomic mass is 32.1. The zero-order chi connectivity index (χ0) is 20.8. The zero-order valence-corrected chi connectivity index (χ0v) is 17.7. The predicted molar refractivity (Wildman–Crippen MR) is 122 cm³/mol. The Balaban J connectivity index is 1.84. The number of fused-ring (bicyclic) bond motifs is 1. The lowest BCUT2D eigenvalue weighted by Crippen LogP contribution is -2.16. The summed E-state index contributed by atoms with van der Waals surface area (Å²) in [6.45, 7) is 3.71. The number of thiazole rings is 1. The second-order valence-electron chi connectivity index (χ2n) is 7.01. The summed E-state index contributed by atoms with van der Waals surface area (Å²) in [5.74, 6) is 1.29. The number of benzene rings is 3. The summed E-state index contributed by atoms with van der Waals surface area (Å²) in [7, 11) is 0. The summed E-state index contributed by atoms with van der Waals surface area (Å²) >= 11 is 1.64. The van der Waals surface area contributed by atoms with Gasteiger partial charge in [-0.3, -0.25) is 4.99 Å². The van der Waals surface area contributed by atoms with E-state index in [1.165, 1.54) is 5.56 Å². The molecule has 0 aliphatic rings. The van der Waals surface area contributed by atoms with E-state index in [1.807, 2.05) is 48.5 Å². The summed E-state index contributed by atoms with van der Waals surface area (Å²) in [5.41, 5.74) is 10.4. The molecule has 1 N–H and O–H groups in total. The van der Waals surface area contributed by atoms with Crippen molar-refractivity contribution in [3.63, 3.8) is 0 Å². The topological polar surface area (TPSA) is 62.7 Å². The summed E-state index contributed by atoms with van der Waals surface area (Å²) in [6, 6.07) is 23.9. The highest BCUT2D eigenvalue weighted by Crippen LogP contribution is 2.36. The third kappa shape index (κ3) is 4.49. The van der Waals surface area contributed by atoms with Crippen LogP contribution in [-0.4, -0.2) is 11.1 Å². The van der Waals surface area contributed by atoms with Crippen LogP contribution in [0.3, 0.4) is 0 Å². The second-order valence-corrected chi connectivity index (χ2v) is 8.02. The minimum atomic E-state index is 0.513. The molecule has 30 heavy (non-hydrogen) atoms. The van der Waals surface area contributed by atoms with Crippen LogP contribution in [0.4, 0.5) is 5.69 Å². The van der Waals surface area contributed by atoms with Crippen LogP contribution < -0.4 is 9.54 Å². The van der Waals surface area contributed by atoms with E-state index in [2.05, 4.69) is 40.9 Å². The summed E-state index contributed by atoms with van der Waals surface area (Å²) < 4.78 is 9.35. The first kappa shape index (κ1) is 20.0. The van der Waals surface area contributed by atoms with E-state index in [-0.39, 0.29) is 0 Å². The number of nitrogens with zero attached hydrogens (tertiary/aromatic N) is 3. The molecule has 0 bridgehead atoms. The Bertz CT molecular complexity index is 1200. The first-order valence-electron chi connectivity index (χ1n) is 10.1. The molecule has 0 spiro atoms. The molecule has 0 saturated heterocycles. The van der Waals surface area contributed by atoms with Crippen molar-refractivity contribution in [2.24, 2.45) is 10.1 Å². The molecule has 0 atom stereocenters. The van der Waals surface area contributed by atoms with E-state index < -0.39 is 0 Å². The fourth-order valence-corrected chi connectivity index (χ4v) is 4.31. The number of ether oxygens (including phenoxy) is 1. The van der Waals surface area contributed by atoms with E-state index >= 15 is 0 Å². The molecular formula is C24H24N4OS. The quantitative estimate of drug-likeness (QED) is 0.246. The molecular weight excluding hydrogens is 392 g/mol. The third-order valence-corrected chi connectivity index (χ3v) is 5.88. The van der Waals surface area contributed by atoms with Crippen LogP contribution in [0.5, 0.6) is 11.5 Å². The molecule has 3 aromatic carbocycles. The molecule has 6 heteroatoms. The minimum Gasteiger partial charge on any atom is -0.455 e. The molecule has 0 radical (unpaired) electrons. The normalized spacial score (nSPS) is 11.7. The number of unbranched alkanes of at least 4 members (excludes halogenated alkanes) is 1. The van der Waals surface area contributed by atoms with Crippen molar-refractivity contribution in [3.05, 3.63) is 83.2 Å². The van der Waals surface area contributed by atoms with Gasteiger partial charge in [0.05, 0.1) is 16.8 Å².